The predicted octanol–water partition coefficient (Wildman–Crippen LogP) is 3.28. The summed E-state index contributed by atoms with van der Waals surface area (Å²) in [5.74, 6) is -0.588. The van der Waals surface area contributed by atoms with Crippen molar-refractivity contribution in [3.05, 3.63) is 53.3 Å². The van der Waals surface area contributed by atoms with Crippen molar-refractivity contribution in [1.29, 1.82) is 0 Å². The summed E-state index contributed by atoms with van der Waals surface area (Å²) in [6, 6.07) is 8.44. The number of benzene rings is 2. The third-order valence-corrected chi connectivity index (χ3v) is 6.50. The van der Waals surface area contributed by atoms with Gasteiger partial charge in [0.05, 0.1) is 17.7 Å². The van der Waals surface area contributed by atoms with E-state index >= 15 is 0 Å². The Morgan fingerprint density at radius 1 is 1.26 bits per heavy atom. The Hall–Kier alpha value is -2.16. The van der Waals surface area contributed by atoms with Crippen LogP contribution in [0.5, 0.6) is 5.75 Å². The summed E-state index contributed by atoms with van der Waals surface area (Å²) < 4.78 is 45.2. The van der Waals surface area contributed by atoms with Crippen LogP contribution in [0, 0.1) is 5.82 Å². The molecule has 1 aliphatic heterocycles. The third kappa shape index (κ3) is 4.07. The summed E-state index contributed by atoms with van der Waals surface area (Å²) in [7, 11) is -2.46. The van der Waals surface area contributed by atoms with Crippen LogP contribution in [0.15, 0.2) is 47.4 Å². The van der Waals surface area contributed by atoms with Gasteiger partial charge in [-0.1, -0.05) is 11.6 Å². The van der Waals surface area contributed by atoms with E-state index in [4.69, 9.17) is 16.3 Å². The summed E-state index contributed by atoms with van der Waals surface area (Å²) in [4.78, 5) is 12.7. The molecule has 0 aliphatic carbocycles. The van der Waals surface area contributed by atoms with Gasteiger partial charge in [-0.05, 0) is 55.3 Å². The van der Waals surface area contributed by atoms with Crippen molar-refractivity contribution in [2.24, 2.45) is 0 Å². The maximum Gasteiger partial charge on any atom is 0.243 e. The minimum absolute atomic E-state index is 0.0519. The first-order valence-corrected chi connectivity index (χ1v) is 10.1. The second kappa shape index (κ2) is 7.84. The molecule has 0 aromatic heterocycles. The fourth-order valence-corrected chi connectivity index (χ4v) is 4.85. The zero-order valence-corrected chi connectivity index (χ0v) is 16.1. The Balaban J connectivity index is 1.85. The Labute approximate surface area is 161 Å². The number of ether oxygens (including phenoxy) is 1. The number of halogens is 2. The fourth-order valence-electron chi connectivity index (χ4n) is 3.03. The number of carbonyl (C=O) groups is 1. The molecular formula is C18H18ClFN2O4S. The van der Waals surface area contributed by atoms with Gasteiger partial charge in [-0.2, -0.15) is 4.31 Å². The van der Waals surface area contributed by atoms with Crippen molar-refractivity contribution >= 4 is 33.2 Å². The molecule has 0 radical (unpaired) electrons. The van der Waals surface area contributed by atoms with Gasteiger partial charge in [-0.15, -0.1) is 0 Å². The van der Waals surface area contributed by atoms with Gasteiger partial charge in [0, 0.05) is 11.6 Å². The summed E-state index contributed by atoms with van der Waals surface area (Å²) >= 11 is 5.97. The van der Waals surface area contributed by atoms with Crippen LogP contribution < -0.4 is 10.1 Å². The van der Waals surface area contributed by atoms with Crippen LogP contribution in [-0.4, -0.2) is 38.3 Å². The maximum absolute atomic E-state index is 13.1. The molecule has 1 heterocycles. The number of carbonyl (C=O) groups excluding carboxylic acids is 1. The third-order valence-electron chi connectivity index (χ3n) is 4.35. The highest BCUT2D eigenvalue weighted by Gasteiger charge is 2.39. The lowest BCUT2D eigenvalue weighted by Gasteiger charge is -2.23. The van der Waals surface area contributed by atoms with Crippen molar-refractivity contribution in [2.75, 3.05) is 19.0 Å². The molecule has 1 amide bonds. The lowest BCUT2D eigenvalue weighted by atomic mass is 10.2. The SMILES string of the molecule is COc1ccc(Cl)cc1NC(=O)[C@H]1CCCN1S(=O)(=O)c1ccc(F)cc1. The lowest BCUT2D eigenvalue weighted by molar-refractivity contribution is -0.119. The quantitative estimate of drug-likeness (QED) is 0.817. The van der Waals surface area contributed by atoms with Crippen LogP contribution in [0.4, 0.5) is 10.1 Å². The zero-order valence-electron chi connectivity index (χ0n) is 14.5. The van der Waals surface area contributed by atoms with Crippen LogP contribution in [0.1, 0.15) is 12.8 Å². The van der Waals surface area contributed by atoms with E-state index in [2.05, 4.69) is 5.32 Å². The molecule has 2 aromatic rings. The predicted molar refractivity (Wildman–Crippen MR) is 99.9 cm³/mol. The highest BCUT2D eigenvalue weighted by molar-refractivity contribution is 7.89. The van der Waals surface area contributed by atoms with Gasteiger partial charge in [0.1, 0.15) is 17.6 Å². The topological polar surface area (TPSA) is 75.7 Å². The molecule has 1 atom stereocenters. The van der Waals surface area contributed by atoms with Gasteiger partial charge in [-0.3, -0.25) is 4.79 Å². The van der Waals surface area contributed by atoms with Crippen LogP contribution in [-0.2, 0) is 14.8 Å². The van der Waals surface area contributed by atoms with Gasteiger partial charge >= 0.3 is 0 Å². The van der Waals surface area contributed by atoms with Gasteiger partial charge < -0.3 is 10.1 Å². The first kappa shape index (κ1) is 19.6. The number of hydrogen-bond donors (Lipinski definition) is 1. The van der Waals surface area contributed by atoms with Crippen molar-refractivity contribution in [1.82, 2.24) is 4.31 Å². The second-order valence-electron chi connectivity index (χ2n) is 6.06. The van der Waals surface area contributed by atoms with Crippen LogP contribution in [0.2, 0.25) is 5.02 Å². The number of rotatable bonds is 5. The molecule has 144 valence electrons. The molecule has 0 bridgehead atoms. The van der Waals surface area contributed by atoms with Gasteiger partial charge in [0.25, 0.3) is 0 Å². The average molecular weight is 413 g/mol. The van der Waals surface area contributed by atoms with E-state index in [0.29, 0.717) is 29.3 Å². The van der Waals surface area contributed by atoms with Crippen molar-refractivity contribution in [3.63, 3.8) is 0 Å². The molecule has 9 heteroatoms. The van der Waals surface area contributed by atoms with E-state index in [1.807, 2.05) is 0 Å². The van der Waals surface area contributed by atoms with E-state index in [-0.39, 0.29) is 11.4 Å². The Kier molecular flexibility index (Phi) is 5.69. The first-order valence-electron chi connectivity index (χ1n) is 8.25. The first-order chi connectivity index (χ1) is 12.8. The fraction of sp³-hybridized carbons (Fsp3) is 0.278. The highest BCUT2D eigenvalue weighted by atomic mass is 35.5. The van der Waals surface area contributed by atoms with Crippen molar-refractivity contribution in [2.45, 2.75) is 23.8 Å². The molecule has 3 rings (SSSR count). The summed E-state index contributed by atoms with van der Waals surface area (Å²) in [6.07, 6.45) is 0.931. The lowest BCUT2D eigenvalue weighted by Crippen LogP contribution is -2.43. The standard InChI is InChI=1S/C18H18ClFN2O4S/c1-26-17-9-4-12(19)11-15(17)21-18(23)16-3-2-10-22(16)27(24,25)14-7-5-13(20)6-8-14/h4-9,11,16H,2-3,10H2,1H3,(H,21,23)/t16-/m1/s1. The Morgan fingerprint density at radius 3 is 2.63 bits per heavy atom. The van der Waals surface area contributed by atoms with E-state index in [0.717, 1.165) is 16.4 Å². The zero-order chi connectivity index (χ0) is 19.6. The molecule has 27 heavy (non-hydrogen) atoms. The molecular weight excluding hydrogens is 395 g/mol. The number of nitrogens with zero attached hydrogens (tertiary/aromatic N) is 1. The minimum atomic E-state index is -3.92. The van der Waals surface area contributed by atoms with Crippen LogP contribution >= 0.6 is 11.6 Å². The molecule has 1 fully saturated rings. The molecule has 0 saturated carbocycles. The minimum Gasteiger partial charge on any atom is -0.495 e. The smallest absolute Gasteiger partial charge is 0.243 e. The second-order valence-corrected chi connectivity index (χ2v) is 8.39. The molecule has 6 nitrogen and oxygen atoms in total. The largest absolute Gasteiger partial charge is 0.495 e. The van der Waals surface area contributed by atoms with E-state index in [1.54, 1.807) is 12.1 Å². The monoisotopic (exact) mass is 412 g/mol. The summed E-state index contributed by atoms with van der Waals surface area (Å²) in [5.41, 5.74) is 0.362. The number of nitrogens with one attached hydrogen (secondary N) is 1. The highest BCUT2D eigenvalue weighted by Crippen LogP contribution is 2.30. The van der Waals surface area contributed by atoms with E-state index in [9.17, 15) is 17.6 Å². The molecule has 1 N–H and O–H groups in total. The molecule has 0 spiro atoms. The Bertz CT molecular complexity index is 950. The van der Waals surface area contributed by atoms with E-state index < -0.39 is 27.8 Å². The summed E-state index contributed by atoms with van der Waals surface area (Å²) in [5, 5.41) is 3.10. The Morgan fingerprint density at radius 2 is 1.96 bits per heavy atom. The van der Waals surface area contributed by atoms with Crippen molar-refractivity contribution in [3.8, 4) is 5.75 Å². The van der Waals surface area contributed by atoms with E-state index in [1.165, 1.54) is 25.3 Å². The van der Waals surface area contributed by atoms with Crippen molar-refractivity contribution < 1.29 is 22.3 Å². The molecule has 1 saturated heterocycles. The number of amides is 1. The maximum atomic E-state index is 13.1. The molecule has 0 unspecified atom stereocenters. The number of sulfonamides is 1. The molecule has 2 aromatic carbocycles. The number of hydrogen-bond acceptors (Lipinski definition) is 4. The molecule has 1 aliphatic rings. The van der Waals surface area contributed by atoms with Crippen LogP contribution in [0.25, 0.3) is 0 Å². The number of anilines is 1. The number of methoxy groups -OCH3 is 1. The van der Waals surface area contributed by atoms with Gasteiger partial charge in [0.15, 0.2) is 0 Å². The summed E-state index contributed by atoms with van der Waals surface area (Å²) in [6.45, 7) is 0.213. The van der Waals surface area contributed by atoms with Crippen LogP contribution in [0.3, 0.4) is 0 Å². The van der Waals surface area contributed by atoms with Gasteiger partial charge in [0.2, 0.25) is 15.9 Å². The normalized spacial score (nSPS) is 17.7. The van der Waals surface area contributed by atoms with Gasteiger partial charge in [-0.25, -0.2) is 12.8 Å². The average Bonchev–Trinajstić information content (AvgIpc) is 3.13.